The summed E-state index contributed by atoms with van der Waals surface area (Å²) in [6.07, 6.45) is 5.75. The number of carbonyl (C=O) groups excluding carboxylic acids is 1. The summed E-state index contributed by atoms with van der Waals surface area (Å²) in [5, 5.41) is 3.39. The minimum Gasteiger partial charge on any atom is -0.354 e. The maximum atomic E-state index is 11.4. The molecule has 18 heavy (non-hydrogen) atoms. The fourth-order valence-electron chi connectivity index (χ4n) is 1.92. The Morgan fingerprint density at radius 2 is 2.22 bits per heavy atom. The molecule has 0 saturated heterocycles. The van der Waals surface area contributed by atoms with E-state index in [0.717, 1.165) is 19.5 Å². The molecule has 1 rings (SSSR count). The average molecular weight is 251 g/mol. The van der Waals surface area contributed by atoms with Crippen LogP contribution >= 0.6 is 0 Å². The van der Waals surface area contributed by atoms with Crippen molar-refractivity contribution in [2.45, 2.75) is 39.3 Å². The number of carbonyl (C=O) groups is 1. The number of amides is 1. The predicted molar refractivity (Wildman–Crippen MR) is 74.5 cm³/mol. The number of nitrogens with one attached hydrogen (secondary N) is 1. The molecule has 1 aromatic heterocycles. The van der Waals surface area contributed by atoms with Crippen LogP contribution < -0.4 is 5.32 Å². The largest absolute Gasteiger partial charge is 0.354 e. The van der Waals surface area contributed by atoms with Gasteiger partial charge in [-0.1, -0.05) is 6.92 Å². The van der Waals surface area contributed by atoms with Crippen LogP contribution in [0.5, 0.6) is 0 Å². The second-order valence-electron chi connectivity index (χ2n) is 4.85. The summed E-state index contributed by atoms with van der Waals surface area (Å²) in [7, 11) is 3.60. The van der Waals surface area contributed by atoms with Crippen LogP contribution in [0.4, 0.5) is 0 Å². The fourth-order valence-corrected chi connectivity index (χ4v) is 1.92. The Kier molecular flexibility index (Phi) is 5.92. The van der Waals surface area contributed by atoms with Gasteiger partial charge in [0, 0.05) is 45.5 Å². The van der Waals surface area contributed by atoms with Crippen LogP contribution in [-0.2, 0) is 11.3 Å². The number of rotatable bonds is 7. The molecular formula is C14H25N3O. The minimum absolute atomic E-state index is 0.198. The summed E-state index contributed by atoms with van der Waals surface area (Å²) >= 11 is 0. The Bertz CT molecular complexity index is 371. The van der Waals surface area contributed by atoms with Crippen molar-refractivity contribution in [2.24, 2.45) is 0 Å². The molecule has 1 N–H and O–H groups in total. The Morgan fingerprint density at radius 1 is 1.50 bits per heavy atom. The van der Waals surface area contributed by atoms with E-state index in [2.05, 4.69) is 42.2 Å². The van der Waals surface area contributed by atoms with Gasteiger partial charge in [0.1, 0.15) is 0 Å². The van der Waals surface area contributed by atoms with Crippen molar-refractivity contribution in [2.75, 3.05) is 20.6 Å². The molecule has 0 aromatic carbocycles. The molecule has 102 valence electrons. The van der Waals surface area contributed by atoms with Crippen molar-refractivity contribution in [1.29, 1.82) is 0 Å². The number of aromatic nitrogens is 1. The Balaban J connectivity index is 2.38. The van der Waals surface area contributed by atoms with Gasteiger partial charge in [0.15, 0.2) is 0 Å². The van der Waals surface area contributed by atoms with Gasteiger partial charge in [-0.15, -0.1) is 0 Å². The molecule has 1 atom stereocenters. The van der Waals surface area contributed by atoms with Gasteiger partial charge in [-0.25, -0.2) is 0 Å². The molecule has 0 bridgehead atoms. The first-order valence-corrected chi connectivity index (χ1v) is 6.63. The van der Waals surface area contributed by atoms with Crippen LogP contribution in [0.25, 0.3) is 0 Å². The van der Waals surface area contributed by atoms with Gasteiger partial charge in [-0.2, -0.15) is 0 Å². The molecule has 0 radical (unpaired) electrons. The highest BCUT2D eigenvalue weighted by Crippen LogP contribution is 2.13. The molecule has 0 fully saturated rings. The molecule has 1 amide bonds. The molecular weight excluding hydrogens is 226 g/mol. The third-order valence-corrected chi connectivity index (χ3v) is 3.09. The number of hydrogen-bond donors (Lipinski definition) is 1. The maximum Gasteiger partial charge on any atom is 0.222 e. The lowest BCUT2D eigenvalue weighted by atomic mass is 10.2. The van der Waals surface area contributed by atoms with Gasteiger partial charge >= 0.3 is 0 Å². The molecule has 0 aliphatic heterocycles. The minimum atomic E-state index is 0.198. The van der Waals surface area contributed by atoms with Gasteiger partial charge < -0.3 is 14.8 Å². The number of hydrogen-bond acceptors (Lipinski definition) is 2. The third-order valence-electron chi connectivity index (χ3n) is 3.09. The molecule has 0 aliphatic carbocycles. The average Bonchev–Trinajstić information content (AvgIpc) is 2.78. The van der Waals surface area contributed by atoms with Gasteiger partial charge in [0.05, 0.1) is 0 Å². The number of nitrogens with zero attached hydrogens (tertiary/aromatic N) is 2. The predicted octanol–water partition coefficient (Wildman–Crippen LogP) is 2.03. The van der Waals surface area contributed by atoms with Crippen LogP contribution in [-0.4, -0.2) is 36.0 Å². The molecule has 0 saturated carbocycles. The van der Waals surface area contributed by atoms with Crippen molar-refractivity contribution in [3.8, 4) is 0 Å². The van der Waals surface area contributed by atoms with E-state index in [1.807, 2.05) is 0 Å². The summed E-state index contributed by atoms with van der Waals surface area (Å²) in [5.74, 6) is 0.198. The van der Waals surface area contributed by atoms with E-state index in [1.54, 1.807) is 19.0 Å². The third kappa shape index (κ3) is 4.53. The van der Waals surface area contributed by atoms with E-state index < -0.39 is 0 Å². The highest BCUT2D eigenvalue weighted by atomic mass is 16.2. The lowest BCUT2D eigenvalue weighted by molar-refractivity contribution is -0.128. The van der Waals surface area contributed by atoms with Crippen LogP contribution in [0.15, 0.2) is 18.5 Å². The first kappa shape index (κ1) is 14.8. The summed E-state index contributed by atoms with van der Waals surface area (Å²) < 4.78 is 2.16. The van der Waals surface area contributed by atoms with E-state index in [1.165, 1.54) is 5.56 Å². The van der Waals surface area contributed by atoms with Crippen LogP contribution in [0.2, 0.25) is 0 Å². The first-order valence-electron chi connectivity index (χ1n) is 6.63. The van der Waals surface area contributed by atoms with Gasteiger partial charge in [-0.05, 0) is 31.5 Å². The monoisotopic (exact) mass is 251 g/mol. The van der Waals surface area contributed by atoms with Crippen LogP contribution in [0.3, 0.4) is 0 Å². The van der Waals surface area contributed by atoms with Gasteiger partial charge in [0.25, 0.3) is 0 Å². The van der Waals surface area contributed by atoms with E-state index >= 15 is 0 Å². The topological polar surface area (TPSA) is 37.3 Å². The molecule has 4 nitrogen and oxygen atoms in total. The second-order valence-corrected chi connectivity index (χ2v) is 4.85. The van der Waals surface area contributed by atoms with Gasteiger partial charge in [-0.3, -0.25) is 4.79 Å². The fraction of sp³-hybridized carbons (Fsp3) is 0.643. The quantitative estimate of drug-likeness (QED) is 0.805. The molecule has 0 aliphatic rings. The number of aryl methyl sites for hydroxylation is 1. The zero-order valence-electron chi connectivity index (χ0n) is 11.9. The van der Waals surface area contributed by atoms with Crippen LogP contribution in [0, 0.1) is 0 Å². The highest BCUT2D eigenvalue weighted by Gasteiger charge is 2.06. The van der Waals surface area contributed by atoms with Crippen LogP contribution in [0.1, 0.15) is 38.3 Å². The Morgan fingerprint density at radius 3 is 2.83 bits per heavy atom. The molecule has 1 unspecified atom stereocenters. The summed E-state index contributed by atoms with van der Waals surface area (Å²) in [6.45, 7) is 6.15. The summed E-state index contributed by atoms with van der Waals surface area (Å²) in [5.41, 5.74) is 1.30. The smallest absolute Gasteiger partial charge is 0.222 e. The lowest BCUT2D eigenvalue weighted by Gasteiger charge is -2.11. The highest BCUT2D eigenvalue weighted by molar-refractivity contribution is 5.75. The summed E-state index contributed by atoms with van der Waals surface area (Å²) in [4.78, 5) is 13.1. The molecule has 1 heterocycles. The normalized spacial score (nSPS) is 12.4. The van der Waals surface area contributed by atoms with Crippen molar-refractivity contribution in [1.82, 2.24) is 14.8 Å². The van der Waals surface area contributed by atoms with Crippen molar-refractivity contribution < 1.29 is 4.79 Å². The van der Waals surface area contributed by atoms with Crippen molar-refractivity contribution in [3.63, 3.8) is 0 Å². The van der Waals surface area contributed by atoms with E-state index in [9.17, 15) is 4.79 Å². The van der Waals surface area contributed by atoms with E-state index in [-0.39, 0.29) is 5.91 Å². The van der Waals surface area contributed by atoms with Crippen molar-refractivity contribution >= 4 is 5.91 Å². The second kappa shape index (κ2) is 7.21. The first-order chi connectivity index (χ1) is 8.54. The molecule has 4 heteroatoms. The van der Waals surface area contributed by atoms with Gasteiger partial charge in [0.2, 0.25) is 5.91 Å². The summed E-state index contributed by atoms with van der Waals surface area (Å²) in [6, 6.07) is 2.53. The van der Waals surface area contributed by atoms with E-state index in [0.29, 0.717) is 12.5 Å². The molecule has 1 aromatic rings. The Hall–Kier alpha value is -1.29. The lowest BCUT2D eigenvalue weighted by Crippen LogP contribution is -2.21. The zero-order chi connectivity index (χ0) is 13.5. The SMILES string of the molecule is CCNC(C)c1ccn(CCCC(=O)N(C)C)c1. The van der Waals surface area contributed by atoms with E-state index in [4.69, 9.17) is 0 Å². The standard InChI is InChI=1S/C14H25N3O/c1-5-15-12(2)13-8-10-17(11-13)9-6-7-14(18)16(3)4/h8,10-12,15H,5-7,9H2,1-4H3. The molecule has 0 spiro atoms. The van der Waals surface area contributed by atoms with Crippen molar-refractivity contribution in [3.05, 3.63) is 24.0 Å². The zero-order valence-corrected chi connectivity index (χ0v) is 11.9. The maximum absolute atomic E-state index is 11.4. The Labute approximate surface area is 110 Å².